The van der Waals surface area contributed by atoms with Crippen molar-refractivity contribution in [1.82, 2.24) is 24.3 Å². The van der Waals surface area contributed by atoms with Crippen molar-refractivity contribution in [3.8, 4) is 11.1 Å². The molecule has 0 spiro atoms. The topological polar surface area (TPSA) is 104 Å². The number of carbonyl (C=O) groups is 1. The van der Waals surface area contributed by atoms with Crippen molar-refractivity contribution in [3.05, 3.63) is 82.5 Å². The van der Waals surface area contributed by atoms with Crippen molar-refractivity contribution >= 4 is 33.3 Å². The number of alkyl halides is 4. The van der Waals surface area contributed by atoms with Gasteiger partial charge in [0.05, 0.1) is 29.6 Å². The first kappa shape index (κ1) is 26.1. The number of fused-ring (bicyclic) bond motifs is 2. The Morgan fingerprint density at radius 2 is 2.02 bits per heavy atom. The zero-order valence-corrected chi connectivity index (χ0v) is 21.9. The molecule has 1 amide bonds. The van der Waals surface area contributed by atoms with Crippen LogP contribution in [0.5, 0.6) is 0 Å². The van der Waals surface area contributed by atoms with E-state index in [2.05, 4.69) is 20.4 Å². The molecule has 0 fully saturated rings. The Bertz CT molecular complexity index is 1710. The Labute approximate surface area is 229 Å². The van der Waals surface area contributed by atoms with Crippen molar-refractivity contribution in [3.63, 3.8) is 0 Å². The number of nitrogens with two attached hydrogens (primary N) is 1. The molecule has 1 unspecified atom stereocenters. The standard InChI is InChI=1S/C27H23F4N7OS/c1-14-18(16-4-2-15(10-32)3-5-16)9-20(27(29,30)31)19-12-38(36-22(14)19)24(25(39)35-26-33-6-7-40-26)23-21-8-17(28)11-37(21)13-34-23/h2-7,9,12-13,17,24H,8,10-11,32H2,1H3,(H,33,35,39)/t17-,24?/m1/s1. The maximum Gasteiger partial charge on any atom is 0.417 e. The first-order valence-corrected chi connectivity index (χ1v) is 13.3. The number of carbonyl (C=O) groups excluding carboxylic acids is 1. The predicted molar refractivity (Wildman–Crippen MR) is 143 cm³/mol. The molecule has 3 aromatic heterocycles. The highest BCUT2D eigenvalue weighted by Crippen LogP contribution is 2.41. The van der Waals surface area contributed by atoms with E-state index >= 15 is 0 Å². The summed E-state index contributed by atoms with van der Waals surface area (Å²) in [5, 5.41) is 9.06. The van der Waals surface area contributed by atoms with Crippen LogP contribution in [-0.4, -0.2) is 36.4 Å². The molecule has 0 radical (unpaired) electrons. The van der Waals surface area contributed by atoms with Gasteiger partial charge in [0.15, 0.2) is 11.2 Å². The van der Waals surface area contributed by atoms with Gasteiger partial charge >= 0.3 is 6.18 Å². The summed E-state index contributed by atoms with van der Waals surface area (Å²) in [5.74, 6) is -0.602. The van der Waals surface area contributed by atoms with Crippen LogP contribution in [-0.2, 0) is 30.5 Å². The number of rotatable bonds is 6. The summed E-state index contributed by atoms with van der Waals surface area (Å²) in [6, 6.07) is 6.82. The van der Waals surface area contributed by atoms with Crippen molar-refractivity contribution in [1.29, 1.82) is 0 Å². The van der Waals surface area contributed by atoms with Gasteiger partial charge in [-0.15, -0.1) is 11.3 Å². The second-order valence-electron chi connectivity index (χ2n) is 9.63. The van der Waals surface area contributed by atoms with E-state index in [0.29, 0.717) is 34.1 Å². The summed E-state index contributed by atoms with van der Waals surface area (Å²) in [5.41, 5.74) is 7.93. The number of aromatic nitrogens is 5. The van der Waals surface area contributed by atoms with Crippen LogP contribution in [0.4, 0.5) is 22.7 Å². The lowest BCUT2D eigenvalue weighted by molar-refractivity contribution is -0.136. The number of thiazole rings is 1. The molecule has 2 atom stereocenters. The van der Waals surface area contributed by atoms with Crippen molar-refractivity contribution in [2.75, 3.05) is 5.32 Å². The summed E-state index contributed by atoms with van der Waals surface area (Å²) in [6.07, 6.45) is -1.64. The van der Waals surface area contributed by atoms with E-state index in [1.165, 1.54) is 34.7 Å². The monoisotopic (exact) mass is 569 g/mol. The summed E-state index contributed by atoms with van der Waals surface area (Å²) in [4.78, 5) is 22.0. The highest BCUT2D eigenvalue weighted by molar-refractivity contribution is 7.13. The third-order valence-corrected chi connectivity index (χ3v) is 7.79. The number of hydrogen-bond donors (Lipinski definition) is 2. The number of halogens is 4. The van der Waals surface area contributed by atoms with Crippen LogP contribution >= 0.6 is 11.3 Å². The van der Waals surface area contributed by atoms with Gasteiger partial charge in [-0.05, 0) is 35.2 Å². The number of imidazole rings is 1. The van der Waals surface area contributed by atoms with Crippen LogP contribution in [0.1, 0.15) is 34.1 Å². The third-order valence-electron chi connectivity index (χ3n) is 7.10. The van der Waals surface area contributed by atoms with E-state index in [1.54, 1.807) is 41.1 Å². The second-order valence-corrected chi connectivity index (χ2v) is 10.5. The number of aryl methyl sites for hydroxylation is 1. The molecule has 40 heavy (non-hydrogen) atoms. The molecular weight excluding hydrogens is 546 g/mol. The average Bonchev–Trinajstić information content (AvgIpc) is 3.70. The zero-order chi connectivity index (χ0) is 28.2. The predicted octanol–water partition coefficient (Wildman–Crippen LogP) is 5.26. The number of anilines is 1. The summed E-state index contributed by atoms with van der Waals surface area (Å²) in [7, 11) is 0. The largest absolute Gasteiger partial charge is 0.417 e. The lowest BCUT2D eigenvalue weighted by Crippen LogP contribution is -2.28. The van der Waals surface area contributed by atoms with Gasteiger partial charge < -0.3 is 10.3 Å². The summed E-state index contributed by atoms with van der Waals surface area (Å²) >= 11 is 1.19. The Morgan fingerprint density at radius 1 is 1.25 bits per heavy atom. The molecule has 0 saturated carbocycles. The molecule has 6 rings (SSSR count). The van der Waals surface area contributed by atoms with Crippen molar-refractivity contribution in [2.24, 2.45) is 5.73 Å². The van der Waals surface area contributed by atoms with Gasteiger partial charge in [0, 0.05) is 41.8 Å². The van der Waals surface area contributed by atoms with E-state index in [4.69, 9.17) is 5.73 Å². The van der Waals surface area contributed by atoms with Gasteiger partial charge in [-0.3, -0.25) is 14.8 Å². The minimum atomic E-state index is -4.69. The molecule has 1 aliphatic rings. The normalized spacial score (nSPS) is 15.9. The van der Waals surface area contributed by atoms with Crippen LogP contribution in [0.3, 0.4) is 0 Å². The van der Waals surface area contributed by atoms with Gasteiger partial charge in [-0.1, -0.05) is 24.3 Å². The number of hydrogen-bond acceptors (Lipinski definition) is 6. The Kier molecular flexibility index (Phi) is 6.42. The maximum absolute atomic E-state index is 14.4. The molecule has 13 heteroatoms. The molecule has 3 N–H and O–H groups in total. The van der Waals surface area contributed by atoms with Gasteiger partial charge in [0.1, 0.15) is 6.17 Å². The smallest absolute Gasteiger partial charge is 0.331 e. The molecule has 0 aliphatic carbocycles. The summed E-state index contributed by atoms with van der Waals surface area (Å²) in [6.45, 7) is 2.09. The van der Waals surface area contributed by atoms with Crippen LogP contribution in [0, 0.1) is 6.92 Å². The van der Waals surface area contributed by atoms with Crippen LogP contribution in [0.15, 0.2) is 54.4 Å². The highest BCUT2D eigenvalue weighted by Gasteiger charge is 2.38. The van der Waals surface area contributed by atoms with Crippen molar-refractivity contribution < 1.29 is 22.4 Å². The van der Waals surface area contributed by atoms with E-state index < -0.39 is 29.9 Å². The van der Waals surface area contributed by atoms with E-state index in [1.807, 2.05) is 0 Å². The van der Waals surface area contributed by atoms with Crippen LogP contribution < -0.4 is 11.1 Å². The highest BCUT2D eigenvalue weighted by atomic mass is 32.1. The molecule has 2 aromatic carbocycles. The average molecular weight is 570 g/mol. The quantitative estimate of drug-likeness (QED) is 0.272. The third kappa shape index (κ3) is 4.54. The van der Waals surface area contributed by atoms with E-state index in [9.17, 15) is 22.4 Å². The number of nitrogens with one attached hydrogen (secondary N) is 1. The minimum absolute atomic E-state index is 0.0346. The van der Waals surface area contributed by atoms with E-state index in [0.717, 1.165) is 11.6 Å². The first-order valence-electron chi connectivity index (χ1n) is 12.4. The Morgan fingerprint density at radius 3 is 2.70 bits per heavy atom. The molecule has 8 nitrogen and oxygen atoms in total. The second kappa shape index (κ2) is 9.82. The zero-order valence-electron chi connectivity index (χ0n) is 21.1. The fraction of sp³-hybridized carbons (Fsp3) is 0.259. The van der Waals surface area contributed by atoms with Gasteiger partial charge in [-0.25, -0.2) is 14.4 Å². The lowest BCUT2D eigenvalue weighted by atomic mass is 9.94. The fourth-order valence-corrected chi connectivity index (χ4v) is 5.69. The minimum Gasteiger partial charge on any atom is -0.331 e. The molecule has 5 aromatic rings. The Hall–Kier alpha value is -4.10. The molecule has 206 valence electrons. The number of benzene rings is 2. The van der Waals surface area contributed by atoms with Crippen LogP contribution in [0.25, 0.3) is 22.0 Å². The van der Waals surface area contributed by atoms with Crippen molar-refractivity contribution in [2.45, 2.75) is 44.8 Å². The van der Waals surface area contributed by atoms with Gasteiger partial charge in [0.2, 0.25) is 0 Å². The first-order chi connectivity index (χ1) is 19.1. The van der Waals surface area contributed by atoms with Gasteiger partial charge in [-0.2, -0.15) is 18.3 Å². The summed E-state index contributed by atoms with van der Waals surface area (Å²) < 4.78 is 60.2. The molecule has 4 heterocycles. The number of amides is 1. The lowest BCUT2D eigenvalue weighted by Gasteiger charge is -2.16. The van der Waals surface area contributed by atoms with Crippen LogP contribution in [0.2, 0.25) is 0 Å². The fourth-order valence-electron chi connectivity index (χ4n) is 5.16. The molecule has 0 saturated heterocycles. The molecular formula is C27H23F4N7OS. The number of nitrogens with zero attached hydrogens (tertiary/aromatic N) is 5. The molecule has 1 aliphatic heterocycles. The SMILES string of the molecule is Cc1c(-c2ccc(CN)cc2)cc(C(F)(F)F)c2cn(C(C(=O)Nc3nccs3)c3ncn4c3C[C@@H](F)C4)nc12. The van der Waals surface area contributed by atoms with E-state index in [-0.39, 0.29) is 29.6 Å². The maximum atomic E-state index is 14.4. The Balaban J connectivity index is 1.54. The van der Waals surface area contributed by atoms with Gasteiger partial charge in [0.25, 0.3) is 5.91 Å². The molecule has 0 bridgehead atoms.